The van der Waals surface area contributed by atoms with Gasteiger partial charge in [-0.15, -0.1) is 10.2 Å². The van der Waals surface area contributed by atoms with Crippen molar-refractivity contribution < 1.29 is 4.39 Å². The molecule has 2 aromatic rings. The van der Waals surface area contributed by atoms with Gasteiger partial charge in [0.25, 0.3) is 0 Å². The van der Waals surface area contributed by atoms with Gasteiger partial charge < -0.3 is 5.73 Å². The van der Waals surface area contributed by atoms with Gasteiger partial charge in [0.15, 0.2) is 0 Å². The van der Waals surface area contributed by atoms with Gasteiger partial charge in [-0.25, -0.2) is 4.39 Å². The molecule has 0 saturated carbocycles. The van der Waals surface area contributed by atoms with Crippen molar-refractivity contribution in [2.75, 3.05) is 0 Å². The molecule has 84 valence electrons. The van der Waals surface area contributed by atoms with E-state index >= 15 is 0 Å². The number of halogens is 2. The fraction of sp³-hybridized carbons (Fsp3) is 0.200. The number of hydrogen-bond donors (Lipinski definition) is 1. The van der Waals surface area contributed by atoms with Gasteiger partial charge in [0, 0.05) is 10.0 Å². The van der Waals surface area contributed by atoms with Crippen LogP contribution in [0.15, 0.2) is 22.7 Å². The number of benzene rings is 1. The van der Waals surface area contributed by atoms with Crippen LogP contribution in [0.25, 0.3) is 10.6 Å². The molecule has 0 aliphatic carbocycles. The average Bonchev–Trinajstić information content (AvgIpc) is 2.64. The smallest absolute Gasteiger partial charge is 0.147 e. The number of rotatable bonds is 2. The lowest BCUT2D eigenvalue weighted by Gasteiger charge is -1.98. The zero-order valence-electron chi connectivity index (χ0n) is 8.45. The van der Waals surface area contributed by atoms with Crippen LogP contribution in [0.4, 0.5) is 4.39 Å². The predicted octanol–water partition coefficient (Wildman–Crippen LogP) is 3.13. The molecule has 0 fully saturated rings. The summed E-state index contributed by atoms with van der Waals surface area (Å²) in [6.07, 6.45) is 0. The Balaban J connectivity index is 2.42. The first-order valence-electron chi connectivity index (χ1n) is 4.61. The van der Waals surface area contributed by atoms with Gasteiger partial charge >= 0.3 is 0 Å². The maximum atomic E-state index is 13.2. The molecule has 6 heteroatoms. The summed E-state index contributed by atoms with van der Waals surface area (Å²) in [5.74, 6) is -0.304. The van der Waals surface area contributed by atoms with Crippen LogP contribution in [0.5, 0.6) is 0 Å². The highest BCUT2D eigenvalue weighted by Crippen LogP contribution is 2.28. The zero-order chi connectivity index (χ0) is 11.7. The summed E-state index contributed by atoms with van der Waals surface area (Å²) in [7, 11) is 0. The van der Waals surface area contributed by atoms with E-state index < -0.39 is 0 Å². The minimum absolute atomic E-state index is 0.150. The van der Waals surface area contributed by atoms with E-state index in [9.17, 15) is 4.39 Å². The fourth-order valence-corrected chi connectivity index (χ4v) is 2.46. The van der Waals surface area contributed by atoms with Gasteiger partial charge in [-0.2, -0.15) is 0 Å². The Hall–Kier alpha value is -0.850. The molecule has 1 aromatic carbocycles. The summed E-state index contributed by atoms with van der Waals surface area (Å²) in [5.41, 5.74) is 6.39. The number of nitrogens with two attached hydrogens (primary N) is 1. The maximum absolute atomic E-state index is 13.2. The zero-order valence-corrected chi connectivity index (χ0v) is 10.8. The Morgan fingerprint density at radius 2 is 2.12 bits per heavy atom. The van der Waals surface area contributed by atoms with Crippen LogP contribution in [-0.2, 0) is 0 Å². The first kappa shape index (κ1) is 11.6. The Labute approximate surface area is 105 Å². The van der Waals surface area contributed by atoms with E-state index in [0.29, 0.717) is 15.0 Å². The van der Waals surface area contributed by atoms with E-state index in [-0.39, 0.29) is 11.9 Å². The van der Waals surface area contributed by atoms with Crippen LogP contribution in [0.2, 0.25) is 0 Å². The quantitative estimate of drug-likeness (QED) is 0.927. The molecule has 0 radical (unpaired) electrons. The van der Waals surface area contributed by atoms with E-state index in [1.807, 2.05) is 6.92 Å². The summed E-state index contributed by atoms with van der Waals surface area (Å²) < 4.78 is 13.9. The summed E-state index contributed by atoms with van der Waals surface area (Å²) in [5, 5.41) is 9.37. The van der Waals surface area contributed by atoms with E-state index in [1.54, 1.807) is 6.07 Å². The SMILES string of the molecule is CC(N)c1nnc(-c2cc(F)cc(Br)c2)s1. The second kappa shape index (κ2) is 4.57. The molecular weight excluding hydrogens is 293 g/mol. The average molecular weight is 302 g/mol. The van der Waals surface area contributed by atoms with Gasteiger partial charge in [0.2, 0.25) is 0 Å². The maximum Gasteiger partial charge on any atom is 0.147 e. The summed E-state index contributed by atoms with van der Waals surface area (Å²) in [6.45, 7) is 1.84. The second-order valence-electron chi connectivity index (χ2n) is 3.39. The molecule has 1 atom stereocenters. The van der Waals surface area contributed by atoms with Crippen molar-refractivity contribution in [2.45, 2.75) is 13.0 Å². The van der Waals surface area contributed by atoms with Crippen molar-refractivity contribution in [3.8, 4) is 10.6 Å². The minimum atomic E-state index is -0.304. The third kappa shape index (κ3) is 2.45. The molecule has 0 bridgehead atoms. The Morgan fingerprint density at radius 3 is 2.69 bits per heavy atom. The molecular formula is C10H9BrFN3S. The molecule has 1 unspecified atom stereocenters. The van der Waals surface area contributed by atoms with Gasteiger partial charge in [0.1, 0.15) is 15.8 Å². The lowest BCUT2D eigenvalue weighted by Crippen LogP contribution is -2.03. The molecule has 0 aliphatic rings. The van der Waals surface area contributed by atoms with Crippen LogP contribution in [0, 0.1) is 5.82 Å². The van der Waals surface area contributed by atoms with Crippen LogP contribution in [0.3, 0.4) is 0 Å². The van der Waals surface area contributed by atoms with Gasteiger partial charge in [0.05, 0.1) is 6.04 Å². The fourth-order valence-electron chi connectivity index (χ4n) is 1.21. The molecule has 1 aromatic heterocycles. The summed E-state index contributed by atoms with van der Waals surface area (Å²) in [4.78, 5) is 0. The highest BCUT2D eigenvalue weighted by molar-refractivity contribution is 9.10. The second-order valence-corrected chi connectivity index (χ2v) is 5.32. The van der Waals surface area contributed by atoms with Crippen molar-refractivity contribution in [1.82, 2.24) is 10.2 Å². The highest BCUT2D eigenvalue weighted by Gasteiger charge is 2.10. The van der Waals surface area contributed by atoms with Gasteiger partial charge in [-0.3, -0.25) is 0 Å². The van der Waals surface area contributed by atoms with Crippen molar-refractivity contribution in [1.29, 1.82) is 0 Å². The molecule has 2 N–H and O–H groups in total. The normalized spacial score (nSPS) is 12.8. The standard InChI is InChI=1S/C10H9BrFN3S/c1-5(13)9-14-15-10(16-9)6-2-7(11)4-8(12)3-6/h2-5H,13H2,1H3. The number of hydrogen-bond acceptors (Lipinski definition) is 4. The molecule has 2 rings (SSSR count). The first-order chi connectivity index (χ1) is 7.56. The van der Waals surface area contributed by atoms with Crippen LogP contribution < -0.4 is 5.73 Å². The predicted molar refractivity (Wildman–Crippen MR) is 65.6 cm³/mol. The Kier molecular flexibility index (Phi) is 3.32. The molecule has 0 spiro atoms. The molecule has 0 aliphatic heterocycles. The monoisotopic (exact) mass is 301 g/mol. The Bertz CT molecular complexity index is 492. The lowest BCUT2D eigenvalue weighted by molar-refractivity contribution is 0.627. The minimum Gasteiger partial charge on any atom is -0.322 e. The molecule has 0 saturated heterocycles. The highest BCUT2D eigenvalue weighted by atomic mass is 79.9. The summed E-state index contributed by atoms with van der Waals surface area (Å²) >= 11 is 4.61. The number of aromatic nitrogens is 2. The largest absolute Gasteiger partial charge is 0.322 e. The van der Waals surface area contributed by atoms with E-state index in [1.165, 1.54) is 23.5 Å². The van der Waals surface area contributed by atoms with Crippen molar-refractivity contribution >= 4 is 27.3 Å². The van der Waals surface area contributed by atoms with Crippen LogP contribution >= 0.6 is 27.3 Å². The van der Waals surface area contributed by atoms with Crippen LogP contribution in [-0.4, -0.2) is 10.2 Å². The van der Waals surface area contributed by atoms with Crippen molar-refractivity contribution in [3.05, 3.63) is 33.5 Å². The van der Waals surface area contributed by atoms with Crippen molar-refractivity contribution in [2.24, 2.45) is 5.73 Å². The molecule has 0 amide bonds. The lowest BCUT2D eigenvalue weighted by atomic mass is 10.2. The molecule has 16 heavy (non-hydrogen) atoms. The van der Waals surface area contributed by atoms with Crippen LogP contribution in [0.1, 0.15) is 18.0 Å². The topological polar surface area (TPSA) is 51.8 Å². The van der Waals surface area contributed by atoms with E-state index in [4.69, 9.17) is 5.73 Å². The van der Waals surface area contributed by atoms with Gasteiger partial charge in [-0.1, -0.05) is 27.3 Å². The molecule has 3 nitrogen and oxygen atoms in total. The number of nitrogens with zero attached hydrogens (tertiary/aromatic N) is 2. The first-order valence-corrected chi connectivity index (χ1v) is 6.22. The molecule has 1 heterocycles. The summed E-state index contributed by atoms with van der Waals surface area (Å²) in [6, 6.07) is 4.48. The third-order valence-corrected chi connectivity index (χ3v) is 3.57. The van der Waals surface area contributed by atoms with Gasteiger partial charge in [-0.05, 0) is 25.1 Å². The van der Waals surface area contributed by atoms with E-state index in [2.05, 4.69) is 26.1 Å². The third-order valence-electron chi connectivity index (χ3n) is 1.94. The Morgan fingerprint density at radius 1 is 1.38 bits per heavy atom. The van der Waals surface area contributed by atoms with E-state index in [0.717, 1.165) is 5.01 Å². The van der Waals surface area contributed by atoms with Crippen molar-refractivity contribution in [3.63, 3.8) is 0 Å².